The summed E-state index contributed by atoms with van der Waals surface area (Å²) >= 11 is 0. The van der Waals surface area contributed by atoms with Gasteiger partial charge in [-0.15, -0.1) is 0 Å². The molecule has 0 aliphatic rings. The predicted molar refractivity (Wildman–Crippen MR) is 302 cm³/mol. The van der Waals surface area contributed by atoms with E-state index in [2.05, 4.69) is 57.2 Å². The van der Waals surface area contributed by atoms with Gasteiger partial charge in [-0.05, 0) is 77.0 Å². The normalized spacial score (nSPS) is 12.2. The van der Waals surface area contributed by atoms with Crippen LogP contribution in [0.5, 0.6) is 0 Å². The van der Waals surface area contributed by atoms with Gasteiger partial charge in [-0.25, -0.2) is 0 Å². The topological polar surface area (TPSA) is 78.9 Å². The Morgan fingerprint density at radius 2 is 0.514 bits per heavy atom. The third-order valence-corrected chi connectivity index (χ3v) is 13.9. The molecule has 0 saturated heterocycles. The van der Waals surface area contributed by atoms with Crippen LogP contribution < -0.4 is 0 Å². The molecule has 0 aromatic carbocycles. The Morgan fingerprint density at radius 3 is 0.814 bits per heavy atom. The van der Waals surface area contributed by atoms with E-state index >= 15 is 0 Å². The number of hydrogen-bond donors (Lipinski definition) is 0. The average molecular weight is 984 g/mol. The van der Waals surface area contributed by atoms with Gasteiger partial charge in [0.15, 0.2) is 6.10 Å². The molecule has 0 N–H and O–H groups in total. The highest BCUT2D eigenvalue weighted by atomic mass is 16.6. The molecule has 0 aromatic rings. The van der Waals surface area contributed by atoms with Gasteiger partial charge in [0.1, 0.15) is 13.2 Å². The summed E-state index contributed by atoms with van der Waals surface area (Å²) in [7, 11) is 0. The second-order valence-electron chi connectivity index (χ2n) is 21.0. The molecule has 0 saturated carbocycles. The van der Waals surface area contributed by atoms with E-state index in [1.54, 1.807) is 0 Å². The molecule has 0 aliphatic carbocycles. The quantitative estimate of drug-likeness (QED) is 0.0261. The second kappa shape index (κ2) is 59.2. The van der Waals surface area contributed by atoms with Crippen molar-refractivity contribution >= 4 is 17.9 Å². The monoisotopic (exact) mass is 983 g/mol. The molecule has 0 rings (SSSR count). The molecule has 0 amide bonds. The van der Waals surface area contributed by atoms with Crippen molar-refractivity contribution < 1.29 is 28.6 Å². The lowest BCUT2D eigenvalue weighted by Crippen LogP contribution is -2.30. The van der Waals surface area contributed by atoms with Gasteiger partial charge in [0.25, 0.3) is 0 Å². The minimum absolute atomic E-state index is 0.0709. The SMILES string of the molecule is CCCCCC/C=C\CCCCCCCC(=O)OC(COC(=O)CCCCCCCCCCCC)COC(=O)CCCCCCCCCCCCCCCCCCC/C=C\C/C=C\CCCCCCC. The van der Waals surface area contributed by atoms with E-state index < -0.39 is 6.10 Å². The van der Waals surface area contributed by atoms with Crippen LogP contribution in [-0.4, -0.2) is 37.2 Å². The molecule has 410 valence electrons. The minimum atomic E-state index is -0.771. The van der Waals surface area contributed by atoms with Crippen molar-refractivity contribution in [3.63, 3.8) is 0 Å². The van der Waals surface area contributed by atoms with Crippen LogP contribution in [0.4, 0.5) is 0 Å². The number of carbonyl (C=O) groups is 3. The van der Waals surface area contributed by atoms with Crippen molar-refractivity contribution in [2.75, 3.05) is 13.2 Å². The van der Waals surface area contributed by atoms with Crippen LogP contribution in [0.15, 0.2) is 36.5 Å². The highest BCUT2D eigenvalue weighted by Gasteiger charge is 2.19. The number of allylic oxidation sites excluding steroid dienone is 6. The summed E-state index contributed by atoms with van der Waals surface area (Å²) in [6.45, 7) is 6.63. The summed E-state index contributed by atoms with van der Waals surface area (Å²) in [5, 5.41) is 0. The van der Waals surface area contributed by atoms with Gasteiger partial charge in [0.2, 0.25) is 0 Å². The molecule has 6 nitrogen and oxygen atoms in total. The largest absolute Gasteiger partial charge is 0.462 e. The second-order valence-corrected chi connectivity index (χ2v) is 21.0. The van der Waals surface area contributed by atoms with E-state index in [0.717, 1.165) is 70.6 Å². The summed E-state index contributed by atoms with van der Waals surface area (Å²) < 4.78 is 16.8. The standard InChI is InChI=1S/C64H118O6/c1-4-7-10-13-16-19-22-24-25-26-27-28-29-30-31-32-33-34-35-36-37-38-39-41-42-45-48-51-54-57-63(66)69-60-61(59-68-62(65)56-53-50-47-44-21-18-15-12-9-6-3)70-64(67)58-55-52-49-46-43-40-23-20-17-14-11-8-5-2/h20,22-24,26-27,61H,4-19,21,25,28-60H2,1-3H3/b23-20-,24-22-,27-26-. The molecule has 0 spiro atoms. The van der Waals surface area contributed by atoms with Gasteiger partial charge in [-0.3, -0.25) is 14.4 Å². The van der Waals surface area contributed by atoms with Crippen molar-refractivity contribution in [1.82, 2.24) is 0 Å². The maximum atomic E-state index is 12.8. The Kier molecular flexibility index (Phi) is 57.2. The van der Waals surface area contributed by atoms with Crippen LogP contribution in [-0.2, 0) is 28.6 Å². The molecule has 0 bridgehead atoms. The Bertz CT molecular complexity index is 1170. The van der Waals surface area contributed by atoms with Crippen molar-refractivity contribution in [3.05, 3.63) is 36.5 Å². The van der Waals surface area contributed by atoms with E-state index in [1.165, 1.54) is 225 Å². The molecule has 0 fully saturated rings. The summed E-state index contributed by atoms with van der Waals surface area (Å²) in [6.07, 6.45) is 71.7. The van der Waals surface area contributed by atoms with Gasteiger partial charge < -0.3 is 14.2 Å². The van der Waals surface area contributed by atoms with Crippen molar-refractivity contribution in [1.29, 1.82) is 0 Å². The highest BCUT2D eigenvalue weighted by molar-refractivity contribution is 5.71. The molecule has 1 atom stereocenters. The van der Waals surface area contributed by atoms with E-state index in [0.29, 0.717) is 19.3 Å². The number of carbonyl (C=O) groups excluding carboxylic acids is 3. The molecule has 1 unspecified atom stereocenters. The molecule has 0 aliphatic heterocycles. The fourth-order valence-electron chi connectivity index (χ4n) is 9.18. The first-order valence-electron chi connectivity index (χ1n) is 31.0. The van der Waals surface area contributed by atoms with E-state index in [1.807, 2.05) is 0 Å². The van der Waals surface area contributed by atoms with E-state index in [-0.39, 0.29) is 31.1 Å². The van der Waals surface area contributed by atoms with Gasteiger partial charge in [0.05, 0.1) is 0 Å². The molecule has 70 heavy (non-hydrogen) atoms. The smallest absolute Gasteiger partial charge is 0.306 e. The van der Waals surface area contributed by atoms with Gasteiger partial charge in [0, 0.05) is 19.3 Å². The Labute approximate surface area is 435 Å². The zero-order chi connectivity index (χ0) is 50.7. The lowest BCUT2D eigenvalue weighted by molar-refractivity contribution is -0.167. The maximum Gasteiger partial charge on any atom is 0.306 e. The fraction of sp³-hybridized carbons (Fsp3) is 0.859. The lowest BCUT2D eigenvalue weighted by Gasteiger charge is -2.18. The zero-order valence-corrected chi connectivity index (χ0v) is 47.1. The number of esters is 3. The number of ether oxygens (including phenoxy) is 3. The van der Waals surface area contributed by atoms with Gasteiger partial charge >= 0.3 is 17.9 Å². The van der Waals surface area contributed by atoms with Crippen LogP contribution in [0, 0.1) is 0 Å². The molecular formula is C64H118O6. The van der Waals surface area contributed by atoms with Crippen LogP contribution >= 0.6 is 0 Å². The first-order chi connectivity index (χ1) is 34.5. The van der Waals surface area contributed by atoms with Crippen LogP contribution in [0.3, 0.4) is 0 Å². The Balaban J connectivity index is 4.09. The summed E-state index contributed by atoms with van der Waals surface area (Å²) in [6, 6.07) is 0. The number of hydrogen-bond acceptors (Lipinski definition) is 6. The van der Waals surface area contributed by atoms with E-state index in [4.69, 9.17) is 14.2 Å². The van der Waals surface area contributed by atoms with Crippen molar-refractivity contribution in [2.45, 2.75) is 341 Å². The average Bonchev–Trinajstić information content (AvgIpc) is 3.36. The number of unbranched alkanes of at least 4 members (excludes halogenated alkanes) is 40. The first-order valence-corrected chi connectivity index (χ1v) is 31.0. The van der Waals surface area contributed by atoms with E-state index in [9.17, 15) is 14.4 Å². The van der Waals surface area contributed by atoms with Gasteiger partial charge in [-0.2, -0.15) is 0 Å². The molecular weight excluding hydrogens is 865 g/mol. The maximum absolute atomic E-state index is 12.8. The van der Waals surface area contributed by atoms with Gasteiger partial charge in [-0.1, -0.05) is 276 Å². The van der Waals surface area contributed by atoms with Crippen LogP contribution in [0.2, 0.25) is 0 Å². The Morgan fingerprint density at radius 1 is 0.286 bits per heavy atom. The molecule has 0 radical (unpaired) electrons. The fourth-order valence-corrected chi connectivity index (χ4v) is 9.18. The number of rotatable bonds is 57. The first kappa shape index (κ1) is 67.6. The Hall–Kier alpha value is -2.37. The van der Waals surface area contributed by atoms with Crippen LogP contribution in [0.1, 0.15) is 335 Å². The summed E-state index contributed by atoms with van der Waals surface area (Å²) in [4.78, 5) is 38.1. The predicted octanol–water partition coefficient (Wildman–Crippen LogP) is 20.8. The molecule has 0 heterocycles. The lowest BCUT2D eigenvalue weighted by atomic mass is 10.0. The summed E-state index contributed by atoms with van der Waals surface area (Å²) in [5.41, 5.74) is 0. The van der Waals surface area contributed by atoms with Crippen LogP contribution in [0.25, 0.3) is 0 Å². The van der Waals surface area contributed by atoms with Crippen molar-refractivity contribution in [2.24, 2.45) is 0 Å². The molecule has 6 heteroatoms. The molecule has 0 aromatic heterocycles. The highest BCUT2D eigenvalue weighted by Crippen LogP contribution is 2.17. The summed E-state index contributed by atoms with van der Waals surface area (Å²) in [5.74, 6) is -0.863. The third kappa shape index (κ3) is 56.5. The third-order valence-electron chi connectivity index (χ3n) is 13.9. The van der Waals surface area contributed by atoms with Crippen molar-refractivity contribution in [3.8, 4) is 0 Å². The zero-order valence-electron chi connectivity index (χ0n) is 47.1. The minimum Gasteiger partial charge on any atom is -0.462 e.